The summed E-state index contributed by atoms with van der Waals surface area (Å²) < 4.78 is 5.51. The van der Waals surface area contributed by atoms with Crippen LogP contribution in [0.1, 0.15) is 25.6 Å². The van der Waals surface area contributed by atoms with E-state index in [9.17, 15) is 0 Å². The minimum atomic E-state index is 0.0878. The Morgan fingerprint density at radius 3 is 2.75 bits per heavy atom. The van der Waals surface area contributed by atoms with E-state index in [1.165, 1.54) is 4.88 Å². The molecular formula is C16H22N2OS. The molecule has 1 aromatic heterocycles. The second kappa shape index (κ2) is 6.18. The molecule has 0 saturated heterocycles. The second-order valence-corrected chi connectivity index (χ2v) is 6.39. The molecule has 0 aliphatic carbocycles. The molecule has 4 heteroatoms. The van der Waals surface area contributed by atoms with Gasteiger partial charge in [-0.2, -0.15) is 0 Å². The van der Waals surface area contributed by atoms with Gasteiger partial charge in [-0.3, -0.25) is 0 Å². The SMILES string of the molecule is CCOc1cc(N)cc(NCC(C)(C)c2cccs2)c1. The number of rotatable bonds is 6. The van der Waals surface area contributed by atoms with Gasteiger partial charge in [0.1, 0.15) is 5.75 Å². The van der Waals surface area contributed by atoms with Crippen LogP contribution >= 0.6 is 11.3 Å². The Kier molecular flexibility index (Phi) is 4.55. The number of thiophene rings is 1. The summed E-state index contributed by atoms with van der Waals surface area (Å²) in [5, 5.41) is 5.58. The van der Waals surface area contributed by atoms with Crippen LogP contribution < -0.4 is 15.8 Å². The van der Waals surface area contributed by atoms with Gasteiger partial charge in [0.05, 0.1) is 6.61 Å². The molecule has 0 amide bonds. The smallest absolute Gasteiger partial charge is 0.123 e. The summed E-state index contributed by atoms with van der Waals surface area (Å²) in [7, 11) is 0. The minimum Gasteiger partial charge on any atom is -0.494 e. The van der Waals surface area contributed by atoms with Gasteiger partial charge in [0.15, 0.2) is 0 Å². The minimum absolute atomic E-state index is 0.0878. The van der Waals surface area contributed by atoms with E-state index in [0.29, 0.717) is 12.3 Å². The number of nitrogen functional groups attached to an aromatic ring is 1. The molecule has 0 aliphatic heterocycles. The number of benzene rings is 1. The fourth-order valence-electron chi connectivity index (χ4n) is 2.05. The highest BCUT2D eigenvalue weighted by Gasteiger charge is 2.21. The largest absolute Gasteiger partial charge is 0.494 e. The molecule has 0 spiro atoms. The van der Waals surface area contributed by atoms with Crippen LogP contribution in [-0.4, -0.2) is 13.2 Å². The molecule has 1 aromatic carbocycles. The Hall–Kier alpha value is -1.68. The van der Waals surface area contributed by atoms with E-state index in [-0.39, 0.29) is 5.41 Å². The van der Waals surface area contributed by atoms with Gasteiger partial charge in [0, 0.05) is 40.3 Å². The monoisotopic (exact) mass is 290 g/mol. The van der Waals surface area contributed by atoms with Crippen molar-refractivity contribution in [2.75, 3.05) is 24.2 Å². The topological polar surface area (TPSA) is 47.3 Å². The van der Waals surface area contributed by atoms with Crippen LogP contribution in [0.2, 0.25) is 0 Å². The number of nitrogens with two attached hydrogens (primary N) is 1. The zero-order valence-electron chi connectivity index (χ0n) is 12.3. The van der Waals surface area contributed by atoms with E-state index in [1.54, 1.807) is 11.3 Å². The maximum Gasteiger partial charge on any atom is 0.123 e. The molecule has 2 aromatic rings. The molecule has 0 atom stereocenters. The van der Waals surface area contributed by atoms with E-state index in [4.69, 9.17) is 10.5 Å². The lowest BCUT2D eigenvalue weighted by Gasteiger charge is -2.24. The predicted molar refractivity (Wildman–Crippen MR) is 87.9 cm³/mol. The van der Waals surface area contributed by atoms with Crippen LogP contribution in [-0.2, 0) is 5.41 Å². The van der Waals surface area contributed by atoms with E-state index >= 15 is 0 Å². The van der Waals surface area contributed by atoms with E-state index in [0.717, 1.165) is 18.0 Å². The van der Waals surface area contributed by atoms with Crippen LogP contribution in [0, 0.1) is 0 Å². The van der Waals surface area contributed by atoms with E-state index < -0.39 is 0 Å². The Labute approximate surface area is 124 Å². The third-order valence-corrected chi connectivity index (χ3v) is 4.40. The van der Waals surface area contributed by atoms with Crippen molar-refractivity contribution in [3.05, 3.63) is 40.6 Å². The summed E-state index contributed by atoms with van der Waals surface area (Å²) in [6.07, 6.45) is 0. The summed E-state index contributed by atoms with van der Waals surface area (Å²) in [5.74, 6) is 0.809. The molecule has 3 nitrogen and oxygen atoms in total. The summed E-state index contributed by atoms with van der Waals surface area (Å²) in [4.78, 5) is 1.37. The summed E-state index contributed by atoms with van der Waals surface area (Å²) in [6.45, 7) is 7.94. The number of hydrogen-bond donors (Lipinski definition) is 2. The van der Waals surface area contributed by atoms with Crippen molar-refractivity contribution in [2.24, 2.45) is 0 Å². The Balaban J connectivity index is 2.07. The average molecular weight is 290 g/mol. The van der Waals surface area contributed by atoms with Crippen molar-refractivity contribution in [2.45, 2.75) is 26.2 Å². The molecule has 3 N–H and O–H groups in total. The van der Waals surface area contributed by atoms with Crippen molar-refractivity contribution in [3.8, 4) is 5.75 Å². The predicted octanol–water partition coefficient (Wildman–Crippen LogP) is 4.12. The van der Waals surface area contributed by atoms with E-state index in [2.05, 4.69) is 36.7 Å². The fourth-order valence-corrected chi connectivity index (χ4v) is 2.90. The van der Waals surface area contributed by atoms with Crippen molar-refractivity contribution in [1.29, 1.82) is 0 Å². The van der Waals surface area contributed by atoms with Gasteiger partial charge in [-0.25, -0.2) is 0 Å². The average Bonchev–Trinajstić information content (AvgIpc) is 2.91. The molecule has 0 unspecified atom stereocenters. The van der Waals surface area contributed by atoms with Crippen LogP contribution in [0.4, 0.5) is 11.4 Å². The summed E-state index contributed by atoms with van der Waals surface area (Å²) >= 11 is 1.79. The van der Waals surface area contributed by atoms with Gasteiger partial charge >= 0.3 is 0 Å². The summed E-state index contributed by atoms with van der Waals surface area (Å²) in [6, 6.07) is 10.0. The van der Waals surface area contributed by atoms with Crippen LogP contribution in [0.25, 0.3) is 0 Å². The Morgan fingerprint density at radius 2 is 2.10 bits per heavy atom. The molecule has 1 heterocycles. The van der Waals surface area contributed by atoms with Gasteiger partial charge in [0.25, 0.3) is 0 Å². The lowest BCUT2D eigenvalue weighted by atomic mass is 9.91. The van der Waals surface area contributed by atoms with Gasteiger partial charge in [0.2, 0.25) is 0 Å². The highest BCUT2D eigenvalue weighted by atomic mass is 32.1. The highest BCUT2D eigenvalue weighted by molar-refractivity contribution is 7.10. The Bertz CT molecular complexity index is 550. The second-order valence-electron chi connectivity index (χ2n) is 5.44. The van der Waals surface area contributed by atoms with Gasteiger partial charge in [-0.05, 0) is 24.4 Å². The molecule has 0 fully saturated rings. The van der Waals surface area contributed by atoms with Crippen LogP contribution in [0.5, 0.6) is 5.75 Å². The number of anilines is 2. The first-order valence-electron chi connectivity index (χ1n) is 6.82. The van der Waals surface area contributed by atoms with Crippen molar-refractivity contribution >= 4 is 22.7 Å². The standard InChI is InChI=1S/C16H22N2OS/c1-4-19-14-9-12(17)8-13(10-14)18-11-16(2,3)15-6-5-7-20-15/h5-10,18H,4,11,17H2,1-3H3. The lowest BCUT2D eigenvalue weighted by molar-refractivity contribution is 0.340. The fraction of sp³-hybridized carbons (Fsp3) is 0.375. The first kappa shape index (κ1) is 14.7. The quantitative estimate of drug-likeness (QED) is 0.787. The molecule has 0 aliphatic rings. The number of nitrogens with one attached hydrogen (secondary N) is 1. The molecular weight excluding hydrogens is 268 g/mol. The molecule has 0 bridgehead atoms. The molecule has 108 valence electrons. The van der Waals surface area contributed by atoms with Crippen molar-refractivity contribution < 1.29 is 4.74 Å². The molecule has 20 heavy (non-hydrogen) atoms. The molecule has 2 rings (SSSR count). The molecule has 0 saturated carbocycles. The lowest BCUT2D eigenvalue weighted by Crippen LogP contribution is -2.26. The molecule has 0 radical (unpaired) electrons. The zero-order chi connectivity index (χ0) is 14.6. The summed E-state index contributed by atoms with van der Waals surface area (Å²) in [5.41, 5.74) is 7.71. The van der Waals surface area contributed by atoms with Crippen LogP contribution in [0.3, 0.4) is 0 Å². The highest BCUT2D eigenvalue weighted by Crippen LogP contribution is 2.29. The van der Waals surface area contributed by atoms with Gasteiger partial charge in [-0.1, -0.05) is 19.9 Å². The van der Waals surface area contributed by atoms with Gasteiger partial charge in [-0.15, -0.1) is 11.3 Å². The van der Waals surface area contributed by atoms with Gasteiger partial charge < -0.3 is 15.8 Å². The Morgan fingerprint density at radius 1 is 1.30 bits per heavy atom. The first-order valence-corrected chi connectivity index (χ1v) is 7.70. The van der Waals surface area contributed by atoms with Crippen molar-refractivity contribution in [3.63, 3.8) is 0 Å². The maximum atomic E-state index is 5.91. The van der Waals surface area contributed by atoms with Crippen molar-refractivity contribution in [1.82, 2.24) is 0 Å². The third-order valence-electron chi connectivity index (χ3n) is 3.16. The number of hydrogen-bond acceptors (Lipinski definition) is 4. The van der Waals surface area contributed by atoms with Crippen LogP contribution in [0.15, 0.2) is 35.7 Å². The van der Waals surface area contributed by atoms with E-state index in [1.807, 2.05) is 25.1 Å². The maximum absolute atomic E-state index is 5.91. The zero-order valence-corrected chi connectivity index (χ0v) is 13.1. The normalized spacial score (nSPS) is 11.3. The first-order chi connectivity index (χ1) is 9.51. The number of ether oxygens (including phenoxy) is 1. The third kappa shape index (κ3) is 3.67.